The first kappa shape index (κ1) is 19.8. The number of benzene rings is 1. The molecule has 0 amide bonds. The fraction of sp³-hybridized carbons (Fsp3) is 0.235. The van der Waals surface area contributed by atoms with E-state index in [0.717, 1.165) is 0 Å². The van der Waals surface area contributed by atoms with Crippen molar-refractivity contribution in [1.82, 2.24) is 19.7 Å². The highest BCUT2D eigenvalue weighted by Gasteiger charge is 2.11. The lowest BCUT2D eigenvalue weighted by Crippen LogP contribution is -2.14. The quantitative estimate of drug-likeness (QED) is 0.419. The number of nitrogens with zero attached hydrogens (tertiary/aromatic N) is 4. The summed E-state index contributed by atoms with van der Waals surface area (Å²) in [6.07, 6.45) is 2.98. The number of aliphatic hydroxyl groups excluding tert-OH is 1. The number of hydrogen-bond acceptors (Lipinski definition) is 8. The Balaban J connectivity index is 1.71. The Bertz CT molecular complexity index is 952. The molecule has 2 aromatic heterocycles. The number of anilines is 3. The number of rotatable bonds is 8. The van der Waals surface area contributed by atoms with E-state index in [4.69, 9.17) is 26.6 Å². The second-order valence-electron chi connectivity index (χ2n) is 5.73. The van der Waals surface area contributed by atoms with Crippen molar-refractivity contribution in [2.75, 3.05) is 17.7 Å². The molecule has 0 saturated heterocycles. The van der Waals surface area contributed by atoms with Crippen molar-refractivity contribution >= 4 is 29.1 Å². The van der Waals surface area contributed by atoms with E-state index < -0.39 is 12.1 Å². The summed E-state index contributed by atoms with van der Waals surface area (Å²) < 4.78 is 20.2. The second kappa shape index (κ2) is 8.83. The molecule has 0 radical (unpaired) electrons. The van der Waals surface area contributed by atoms with Gasteiger partial charge in [-0.3, -0.25) is 4.68 Å². The van der Waals surface area contributed by atoms with Gasteiger partial charge in [-0.15, -0.1) is 0 Å². The summed E-state index contributed by atoms with van der Waals surface area (Å²) in [4.78, 5) is 8.39. The summed E-state index contributed by atoms with van der Waals surface area (Å²) in [5, 5.41) is 28.2. The zero-order chi connectivity index (χ0) is 20.1. The maximum Gasteiger partial charge on any atom is 0.229 e. The van der Waals surface area contributed by atoms with Crippen LogP contribution in [-0.2, 0) is 13.1 Å². The molecule has 0 atom stereocenters. The van der Waals surface area contributed by atoms with Crippen LogP contribution in [0.15, 0.2) is 36.8 Å². The molecule has 3 rings (SSSR count). The number of ether oxygens (including phenoxy) is 1. The Morgan fingerprint density at radius 1 is 1.32 bits per heavy atom. The molecule has 0 aliphatic rings. The Morgan fingerprint density at radius 2 is 2.14 bits per heavy atom. The van der Waals surface area contributed by atoms with Crippen LogP contribution in [0.5, 0.6) is 5.75 Å². The van der Waals surface area contributed by atoms with Crippen LogP contribution in [0.1, 0.15) is 5.56 Å². The average molecular weight is 409 g/mol. The van der Waals surface area contributed by atoms with Crippen molar-refractivity contribution < 1.29 is 19.3 Å². The second-order valence-corrected chi connectivity index (χ2v) is 6.14. The third-order valence-electron chi connectivity index (χ3n) is 3.68. The van der Waals surface area contributed by atoms with Gasteiger partial charge in [0.1, 0.15) is 5.02 Å². The van der Waals surface area contributed by atoms with Crippen molar-refractivity contribution in [2.24, 2.45) is 0 Å². The highest BCUT2D eigenvalue weighted by molar-refractivity contribution is 6.32. The Morgan fingerprint density at radius 3 is 2.89 bits per heavy atom. The Kier molecular flexibility index (Phi) is 6.24. The summed E-state index contributed by atoms with van der Waals surface area (Å²) in [7, 11) is 1.40. The summed E-state index contributed by atoms with van der Waals surface area (Å²) >= 11 is 6.14. The van der Waals surface area contributed by atoms with Gasteiger partial charge in [-0.05, 0) is 6.07 Å². The molecule has 1 aromatic carbocycles. The van der Waals surface area contributed by atoms with Gasteiger partial charge in [0, 0.05) is 18.3 Å². The van der Waals surface area contributed by atoms with E-state index in [1.807, 2.05) is 0 Å². The lowest BCUT2D eigenvalue weighted by molar-refractivity contribution is -0.0534. The van der Waals surface area contributed by atoms with E-state index in [2.05, 4.69) is 25.7 Å². The van der Waals surface area contributed by atoms with E-state index in [9.17, 15) is 4.39 Å². The van der Waals surface area contributed by atoms with Crippen LogP contribution in [-0.4, -0.2) is 43.4 Å². The summed E-state index contributed by atoms with van der Waals surface area (Å²) in [6.45, 7) is 0.175. The molecular weight excluding hydrogens is 391 g/mol. The van der Waals surface area contributed by atoms with Gasteiger partial charge in [-0.2, -0.15) is 10.1 Å². The minimum atomic E-state index is -1.50. The summed E-state index contributed by atoms with van der Waals surface area (Å²) in [5.74, 6) is 0.297. The first-order chi connectivity index (χ1) is 13.5. The van der Waals surface area contributed by atoms with Gasteiger partial charge in [0.25, 0.3) is 0 Å². The zero-order valence-electron chi connectivity index (χ0n) is 14.8. The molecule has 0 aliphatic carbocycles. The van der Waals surface area contributed by atoms with Crippen LogP contribution < -0.4 is 15.4 Å². The van der Waals surface area contributed by atoms with Gasteiger partial charge >= 0.3 is 0 Å². The fourth-order valence-corrected chi connectivity index (χ4v) is 2.63. The van der Waals surface area contributed by atoms with Gasteiger partial charge in [0.15, 0.2) is 23.7 Å². The van der Waals surface area contributed by atoms with E-state index in [1.54, 1.807) is 18.3 Å². The highest BCUT2D eigenvalue weighted by Crippen LogP contribution is 2.25. The minimum absolute atomic E-state index is 0.0641. The number of methoxy groups -OCH3 is 1. The molecule has 0 unspecified atom stereocenters. The smallest absolute Gasteiger partial charge is 0.229 e. The van der Waals surface area contributed by atoms with Crippen LogP contribution >= 0.6 is 11.6 Å². The third kappa shape index (κ3) is 4.85. The number of nitrogens with one attached hydrogen (secondary N) is 2. The van der Waals surface area contributed by atoms with Gasteiger partial charge in [-0.1, -0.05) is 23.7 Å². The normalized spacial score (nSPS) is 10.9. The predicted octanol–water partition coefficient (Wildman–Crippen LogP) is 2.14. The van der Waals surface area contributed by atoms with E-state index in [0.29, 0.717) is 22.1 Å². The number of halogens is 2. The largest absolute Gasteiger partial charge is 0.493 e. The van der Waals surface area contributed by atoms with Crippen molar-refractivity contribution in [3.05, 3.63) is 53.2 Å². The molecule has 4 N–H and O–H groups in total. The molecule has 11 heteroatoms. The van der Waals surface area contributed by atoms with Crippen molar-refractivity contribution in [2.45, 2.75) is 19.4 Å². The van der Waals surface area contributed by atoms with Gasteiger partial charge in [0.05, 0.1) is 31.7 Å². The minimum Gasteiger partial charge on any atom is -0.493 e. The molecular formula is C17H18ClFN6O3. The van der Waals surface area contributed by atoms with Crippen molar-refractivity contribution in [3.63, 3.8) is 0 Å². The SMILES string of the molecule is COc1c(F)cccc1CNc1nc(Nc2cnn(CC(O)O)c2)ncc1Cl. The molecule has 2 heterocycles. The molecule has 0 fully saturated rings. The van der Waals surface area contributed by atoms with Crippen LogP contribution in [0, 0.1) is 5.82 Å². The molecule has 148 valence electrons. The average Bonchev–Trinajstić information content (AvgIpc) is 3.08. The monoisotopic (exact) mass is 408 g/mol. The van der Waals surface area contributed by atoms with Crippen LogP contribution in [0.3, 0.4) is 0 Å². The molecule has 0 saturated carbocycles. The Hall–Kier alpha value is -2.95. The zero-order valence-corrected chi connectivity index (χ0v) is 15.6. The molecule has 0 aliphatic heterocycles. The number of para-hydroxylation sites is 1. The summed E-state index contributed by atoms with van der Waals surface area (Å²) in [6, 6.07) is 4.63. The fourth-order valence-electron chi connectivity index (χ4n) is 2.48. The summed E-state index contributed by atoms with van der Waals surface area (Å²) in [5.41, 5.74) is 1.16. The van der Waals surface area contributed by atoms with E-state index in [1.165, 1.54) is 30.3 Å². The standard InChI is InChI=1S/C17H18ClFN6O3/c1-28-15-10(3-2-4-13(15)19)5-20-16-12(18)7-21-17(24-16)23-11-6-22-25(8-11)9-14(26)27/h2-4,6-8,14,26-27H,5,9H2,1H3,(H2,20,21,23,24). The molecule has 0 spiro atoms. The van der Waals surface area contributed by atoms with Crippen LogP contribution in [0.2, 0.25) is 5.02 Å². The topological polar surface area (TPSA) is 117 Å². The molecule has 3 aromatic rings. The van der Waals surface area contributed by atoms with E-state index in [-0.39, 0.29) is 24.8 Å². The van der Waals surface area contributed by atoms with Gasteiger partial charge in [0.2, 0.25) is 5.95 Å². The molecule has 0 bridgehead atoms. The number of hydrogen-bond donors (Lipinski definition) is 4. The van der Waals surface area contributed by atoms with Gasteiger partial charge < -0.3 is 25.6 Å². The number of aromatic nitrogens is 4. The van der Waals surface area contributed by atoms with Crippen molar-refractivity contribution in [1.29, 1.82) is 0 Å². The van der Waals surface area contributed by atoms with Gasteiger partial charge in [-0.25, -0.2) is 9.37 Å². The predicted molar refractivity (Wildman–Crippen MR) is 101 cm³/mol. The highest BCUT2D eigenvalue weighted by atomic mass is 35.5. The maximum absolute atomic E-state index is 13.8. The first-order valence-corrected chi connectivity index (χ1v) is 8.57. The van der Waals surface area contributed by atoms with Crippen LogP contribution in [0.4, 0.5) is 21.8 Å². The lowest BCUT2D eigenvalue weighted by atomic mass is 10.2. The lowest BCUT2D eigenvalue weighted by Gasteiger charge is -2.12. The van der Waals surface area contributed by atoms with E-state index >= 15 is 0 Å². The number of aliphatic hydroxyl groups is 2. The third-order valence-corrected chi connectivity index (χ3v) is 3.96. The molecule has 28 heavy (non-hydrogen) atoms. The van der Waals surface area contributed by atoms with Crippen LogP contribution in [0.25, 0.3) is 0 Å². The Labute approximate surface area is 164 Å². The first-order valence-electron chi connectivity index (χ1n) is 8.19. The molecule has 9 nitrogen and oxygen atoms in total. The van der Waals surface area contributed by atoms with Crippen molar-refractivity contribution in [3.8, 4) is 5.75 Å². The maximum atomic E-state index is 13.8.